The lowest BCUT2D eigenvalue weighted by Crippen LogP contribution is -1.95. The highest BCUT2D eigenvalue weighted by Gasteiger charge is 2.12. The van der Waals surface area contributed by atoms with Crippen LogP contribution in [0.4, 0.5) is 0 Å². The van der Waals surface area contributed by atoms with Crippen LogP contribution < -0.4 is 9.47 Å². The van der Waals surface area contributed by atoms with Gasteiger partial charge in [0.25, 0.3) is 0 Å². The number of ether oxygens (including phenoxy) is 2. The van der Waals surface area contributed by atoms with Gasteiger partial charge in [-0.1, -0.05) is 6.07 Å². The fourth-order valence-corrected chi connectivity index (χ4v) is 2.01. The van der Waals surface area contributed by atoms with E-state index >= 15 is 0 Å². The third kappa shape index (κ3) is 1.63. The van der Waals surface area contributed by atoms with E-state index in [1.54, 1.807) is 14.2 Å². The largest absolute Gasteiger partial charge is 0.496 e. The molecule has 0 unspecified atom stereocenters. The summed E-state index contributed by atoms with van der Waals surface area (Å²) in [4.78, 5) is 0. The van der Waals surface area contributed by atoms with Crippen LogP contribution in [0, 0.1) is 0 Å². The maximum atomic E-state index is 5.25. The van der Waals surface area contributed by atoms with Crippen molar-refractivity contribution < 1.29 is 9.47 Å². The van der Waals surface area contributed by atoms with Crippen LogP contribution in [-0.2, 0) is 0 Å². The Kier molecular flexibility index (Phi) is 2.73. The number of halogens is 1. The van der Waals surface area contributed by atoms with Gasteiger partial charge in [0.15, 0.2) is 0 Å². The smallest absolute Gasteiger partial charge is 0.248 e. The third-order valence-corrected chi connectivity index (χ3v) is 2.81. The second-order valence-corrected chi connectivity index (χ2v) is 3.67. The molecule has 1 aromatic heterocycles. The third-order valence-electron chi connectivity index (χ3n) is 2.07. The number of aromatic nitrogens is 2. The fourth-order valence-electron chi connectivity index (χ4n) is 1.37. The van der Waals surface area contributed by atoms with Gasteiger partial charge >= 0.3 is 0 Å². The van der Waals surface area contributed by atoms with E-state index in [1.807, 2.05) is 18.2 Å². The summed E-state index contributed by atoms with van der Waals surface area (Å²) < 4.78 is 11.1. The predicted octanol–water partition coefficient (Wildman–Crippen LogP) is 2.41. The highest BCUT2D eigenvalue weighted by molar-refractivity contribution is 9.10. The number of nitrogens with zero attached hydrogens (tertiary/aromatic N) is 2. The summed E-state index contributed by atoms with van der Waals surface area (Å²) in [6.45, 7) is 0. The molecule has 2 rings (SSSR count). The Morgan fingerprint density at radius 3 is 2.60 bits per heavy atom. The van der Waals surface area contributed by atoms with Gasteiger partial charge in [0.1, 0.15) is 5.75 Å². The van der Waals surface area contributed by atoms with Crippen molar-refractivity contribution in [3.8, 4) is 11.6 Å². The second-order valence-electron chi connectivity index (χ2n) is 2.88. The Hall–Kier alpha value is -1.36. The number of hydrogen-bond acceptors (Lipinski definition) is 4. The molecule has 1 aromatic carbocycles. The molecule has 0 aliphatic carbocycles. The topological polar surface area (TPSA) is 44.2 Å². The van der Waals surface area contributed by atoms with Crippen LogP contribution >= 0.6 is 15.9 Å². The van der Waals surface area contributed by atoms with E-state index in [-0.39, 0.29) is 0 Å². The van der Waals surface area contributed by atoms with Gasteiger partial charge < -0.3 is 9.47 Å². The van der Waals surface area contributed by atoms with Crippen molar-refractivity contribution in [2.24, 2.45) is 0 Å². The number of methoxy groups -OCH3 is 2. The standard InChI is InChI=1S/C10H9BrN2O2/c1-14-7-5-3-4-6-8(7)9(11)10(15-2)13-12-6/h3-5H,1-2H3. The molecule has 0 aliphatic rings. The minimum Gasteiger partial charge on any atom is -0.496 e. The van der Waals surface area contributed by atoms with E-state index in [0.717, 1.165) is 21.1 Å². The van der Waals surface area contributed by atoms with Gasteiger partial charge in [-0.3, -0.25) is 0 Å². The zero-order valence-electron chi connectivity index (χ0n) is 8.32. The molecule has 0 amide bonds. The van der Waals surface area contributed by atoms with Gasteiger partial charge in [-0.2, -0.15) is 0 Å². The molecule has 2 aromatic rings. The van der Waals surface area contributed by atoms with Crippen LogP contribution in [0.5, 0.6) is 11.6 Å². The highest BCUT2D eigenvalue weighted by atomic mass is 79.9. The first-order chi connectivity index (χ1) is 7.27. The van der Waals surface area contributed by atoms with E-state index < -0.39 is 0 Å². The summed E-state index contributed by atoms with van der Waals surface area (Å²) in [5.41, 5.74) is 0.766. The maximum absolute atomic E-state index is 5.25. The molecule has 4 nitrogen and oxygen atoms in total. The van der Waals surface area contributed by atoms with Crippen molar-refractivity contribution in [3.05, 3.63) is 22.7 Å². The van der Waals surface area contributed by atoms with Crippen LogP contribution in [0.2, 0.25) is 0 Å². The van der Waals surface area contributed by atoms with Crippen molar-refractivity contribution in [1.29, 1.82) is 0 Å². The Balaban J connectivity index is 2.82. The highest BCUT2D eigenvalue weighted by Crippen LogP contribution is 2.35. The molecule has 0 N–H and O–H groups in total. The average molecular weight is 269 g/mol. The normalized spacial score (nSPS) is 10.3. The molecule has 5 heteroatoms. The van der Waals surface area contributed by atoms with Crippen LogP contribution in [0.15, 0.2) is 22.7 Å². The Labute approximate surface area is 95.3 Å². The molecule has 0 saturated carbocycles. The van der Waals surface area contributed by atoms with E-state index in [1.165, 1.54) is 0 Å². The lowest BCUT2D eigenvalue weighted by atomic mass is 10.2. The molecule has 0 saturated heterocycles. The predicted molar refractivity (Wildman–Crippen MR) is 60.3 cm³/mol. The summed E-state index contributed by atoms with van der Waals surface area (Å²) in [6.07, 6.45) is 0. The van der Waals surface area contributed by atoms with Crippen LogP contribution in [0.25, 0.3) is 10.9 Å². The summed E-state index contributed by atoms with van der Waals surface area (Å²) in [6, 6.07) is 5.61. The van der Waals surface area contributed by atoms with E-state index in [4.69, 9.17) is 9.47 Å². The van der Waals surface area contributed by atoms with Gasteiger partial charge in [0.2, 0.25) is 5.88 Å². The van der Waals surface area contributed by atoms with Crippen LogP contribution in [0.3, 0.4) is 0 Å². The summed E-state index contributed by atoms with van der Waals surface area (Å²) >= 11 is 3.43. The Morgan fingerprint density at radius 2 is 1.93 bits per heavy atom. The molecule has 0 aliphatic heterocycles. The van der Waals surface area contributed by atoms with Crippen molar-refractivity contribution in [1.82, 2.24) is 10.2 Å². The van der Waals surface area contributed by atoms with Crippen LogP contribution in [-0.4, -0.2) is 24.4 Å². The van der Waals surface area contributed by atoms with Crippen molar-refractivity contribution >= 4 is 26.8 Å². The van der Waals surface area contributed by atoms with Gasteiger partial charge in [0.05, 0.1) is 29.6 Å². The molecule has 0 spiro atoms. The van der Waals surface area contributed by atoms with Crippen molar-refractivity contribution in [3.63, 3.8) is 0 Å². The zero-order chi connectivity index (χ0) is 10.8. The molecule has 0 bridgehead atoms. The Bertz CT molecular complexity index is 502. The summed E-state index contributed by atoms with van der Waals surface area (Å²) in [5.74, 6) is 1.19. The minimum absolute atomic E-state index is 0.451. The summed E-state index contributed by atoms with van der Waals surface area (Å²) in [7, 11) is 3.17. The van der Waals surface area contributed by atoms with E-state index in [0.29, 0.717) is 5.88 Å². The van der Waals surface area contributed by atoms with Gasteiger partial charge in [-0.25, -0.2) is 0 Å². The maximum Gasteiger partial charge on any atom is 0.248 e. The molecule has 1 heterocycles. The van der Waals surface area contributed by atoms with Crippen LogP contribution in [0.1, 0.15) is 0 Å². The van der Waals surface area contributed by atoms with Gasteiger partial charge in [-0.05, 0) is 28.1 Å². The number of fused-ring (bicyclic) bond motifs is 1. The number of hydrogen-bond donors (Lipinski definition) is 0. The molecule has 78 valence electrons. The van der Waals surface area contributed by atoms with Gasteiger partial charge in [-0.15, -0.1) is 10.2 Å². The molecule has 0 radical (unpaired) electrons. The lowest BCUT2D eigenvalue weighted by Gasteiger charge is -2.08. The van der Waals surface area contributed by atoms with Crippen molar-refractivity contribution in [2.75, 3.05) is 14.2 Å². The van der Waals surface area contributed by atoms with Crippen molar-refractivity contribution in [2.45, 2.75) is 0 Å². The molecular weight excluding hydrogens is 260 g/mol. The first-order valence-electron chi connectivity index (χ1n) is 4.30. The lowest BCUT2D eigenvalue weighted by molar-refractivity contribution is 0.389. The van der Waals surface area contributed by atoms with E-state index in [9.17, 15) is 0 Å². The molecule has 0 atom stereocenters. The summed E-state index contributed by atoms with van der Waals surface area (Å²) in [5, 5.41) is 8.83. The molecule has 0 fully saturated rings. The van der Waals surface area contributed by atoms with E-state index in [2.05, 4.69) is 26.1 Å². The molecular formula is C10H9BrN2O2. The quantitative estimate of drug-likeness (QED) is 0.839. The average Bonchev–Trinajstić information content (AvgIpc) is 2.29. The molecule has 15 heavy (non-hydrogen) atoms. The Morgan fingerprint density at radius 1 is 1.13 bits per heavy atom. The fraction of sp³-hybridized carbons (Fsp3) is 0.200. The first kappa shape index (κ1) is 10.2. The zero-order valence-corrected chi connectivity index (χ0v) is 9.91. The monoisotopic (exact) mass is 268 g/mol. The second kappa shape index (κ2) is 4.02. The van der Waals surface area contributed by atoms with Gasteiger partial charge in [0, 0.05) is 0 Å². The SMILES string of the molecule is COc1nnc2cccc(OC)c2c1Br. The first-order valence-corrected chi connectivity index (χ1v) is 5.10. The number of benzene rings is 1. The minimum atomic E-state index is 0.451. The number of rotatable bonds is 2.